The molecule has 306 valence electrons. The van der Waals surface area contributed by atoms with Gasteiger partial charge in [-0.1, -0.05) is 42.5 Å². The lowest BCUT2D eigenvalue weighted by Crippen LogP contribution is -2.35. The average molecular weight is 755 g/mol. The van der Waals surface area contributed by atoms with Crippen molar-refractivity contribution in [1.82, 2.24) is 20.0 Å². The zero-order valence-electron chi connectivity index (χ0n) is 32.3. The van der Waals surface area contributed by atoms with E-state index in [9.17, 15) is 24.6 Å². The van der Waals surface area contributed by atoms with Crippen molar-refractivity contribution in [2.75, 3.05) is 118 Å². The minimum absolute atomic E-state index is 0.0111. The summed E-state index contributed by atoms with van der Waals surface area (Å²) in [6, 6.07) is 0. The highest BCUT2D eigenvalue weighted by Crippen LogP contribution is 2.13. The third-order valence-electron chi connectivity index (χ3n) is 8.28. The maximum atomic E-state index is 12.5. The number of hydrogen-bond donors (Lipinski definition) is 5. The van der Waals surface area contributed by atoms with Crippen LogP contribution in [0.1, 0.15) is 58.3 Å². The van der Waals surface area contributed by atoms with Gasteiger partial charge >= 0.3 is 17.9 Å². The molecular formula is C39H70N4O10. The molecule has 14 nitrogen and oxygen atoms in total. The Morgan fingerprint density at radius 3 is 1.58 bits per heavy atom. The first kappa shape index (κ1) is 50.1. The smallest absolute Gasteiger partial charge is 0.307 e. The van der Waals surface area contributed by atoms with Gasteiger partial charge in [0.1, 0.15) is 19.8 Å². The van der Waals surface area contributed by atoms with Crippen molar-refractivity contribution >= 4 is 17.9 Å². The number of aliphatic hydroxyl groups is 4. The molecule has 0 aromatic rings. The zero-order valence-corrected chi connectivity index (χ0v) is 32.3. The third kappa shape index (κ3) is 32.2. The molecule has 0 aromatic heterocycles. The third-order valence-corrected chi connectivity index (χ3v) is 8.28. The molecule has 0 aliphatic carbocycles. The van der Waals surface area contributed by atoms with Gasteiger partial charge in [-0.3, -0.25) is 24.2 Å². The molecule has 0 aliphatic rings. The van der Waals surface area contributed by atoms with Gasteiger partial charge in [0.2, 0.25) is 0 Å². The molecule has 0 radical (unpaired) electrons. The Morgan fingerprint density at radius 1 is 0.604 bits per heavy atom. The van der Waals surface area contributed by atoms with Crippen LogP contribution in [0.5, 0.6) is 0 Å². The maximum Gasteiger partial charge on any atom is 0.307 e. The number of esters is 3. The van der Waals surface area contributed by atoms with Gasteiger partial charge in [-0.2, -0.15) is 0 Å². The van der Waals surface area contributed by atoms with Crippen molar-refractivity contribution < 1.29 is 49.0 Å². The fraction of sp³-hybridized carbons (Fsp3) is 0.718. The Balaban J connectivity index is 4.32. The van der Waals surface area contributed by atoms with E-state index in [1.165, 1.54) is 0 Å². The van der Waals surface area contributed by atoms with Crippen LogP contribution in [0.15, 0.2) is 49.1 Å². The Bertz CT molecular complexity index is 999. The monoisotopic (exact) mass is 755 g/mol. The van der Waals surface area contributed by atoms with Gasteiger partial charge in [-0.25, -0.2) is 0 Å². The van der Waals surface area contributed by atoms with Crippen LogP contribution in [0.4, 0.5) is 0 Å². The van der Waals surface area contributed by atoms with E-state index in [2.05, 4.69) is 11.9 Å². The predicted molar refractivity (Wildman–Crippen MR) is 207 cm³/mol. The van der Waals surface area contributed by atoms with Crippen LogP contribution in [0.3, 0.4) is 0 Å². The highest BCUT2D eigenvalue weighted by molar-refractivity contribution is 5.70. The molecule has 1 unspecified atom stereocenters. The molecule has 5 N–H and O–H groups in total. The van der Waals surface area contributed by atoms with Crippen LogP contribution in [0, 0.1) is 5.92 Å². The standard InChI is InChI=1S/C39H70N4O10/c1-3-5-33-51-38(49)16-23-41(21-12-22-43(27-31-46)28-32-47)24-17-39(50)53-35-10-8-14-36(4-2)13-7-6-9-34-52-37(48)15-19-40-18-11-20-42(25-29-44)26-30-45/h3-6,8-10,36,40,44-47H,2,7,11-35H2,1H3/b5-3+,9-6+,10-8-. The molecule has 0 aliphatic heterocycles. The summed E-state index contributed by atoms with van der Waals surface area (Å²) in [5, 5.41) is 39.8. The molecule has 1 atom stereocenters. The maximum absolute atomic E-state index is 12.5. The van der Waals surface area contributed by atoms with Crippen LogP contribution in [-0.4, -0.2) is 171 Å². The summed E-state index contributed by atoms with van der Waals surface area (Å²) in [6.45, 7) is 12.9. The number of nitrogens with one attached hydrogen (secondary N) is 1. The first-order chi connectivity index (χ1) is 25.8. The molecule has 0 heterocycles. The normalized spacial score (nSPS) is 12.5. The van der Waals surface area contributed by atoms with E-state index in [0.29, 0.717) is 58.9 Å². The Kier molecular flexibility index (Phi) is 35.3. The molecule has 0 bridgehead atoms. The highest BCUT2D eigenvalue weighted by Gasteiger charge is 2.13. The van der Waals surface area contributed by atoms with Crippen LogP contribution in [-0.2, 0) is 28.6 Å². The number of allylic oxidation sites excluding steroid dienone is 4. The summed E-state index contributed by atoms with van der Waals surface area (Å²) >= 11 is 0. The van der Waals surface area contributed by atoms with Gasteiger partial charge in [-0.05, 0) is 71.1 Å². The molecule has 0 aromatic carbocycles. The van der Waals surface area contributed by atoms with E-state index < -0.39 is 0 Å². The van der Waals surface area contributed by atoms with E-state index in [4.69, 9.17) is 24.4 Å². The van der Waals surface area contributed by atoms with Crippen molar-refractivity contribution in [2.45, 2.75) is 58.3 Å². The largest absolute Gasteiger partial charge is 0.461 e. The quantitative estimate of drug-likeness (QED) is 0.0268. The van der Waals surface area contributed by atoms with Crippen LogP contribution < -0.4 is 5.32 Å². The molecule has 0 amide bonds. The van der Waals surface area contributed by atoms with Crippen LogP contribution in [0.2, 0.25) is 0 Å². The van der Waals surface area contributed by atoms with Crippen molar-refractivity contribution in [3.8, 4) is 0 Å². The molecule has 0 saturated heterocycles. The Morgan fingerprint density at radius 2 is 1.08 bits per heavy atom. The van der Waals surface area contributed by atoms with Gasteiger partial charge in [-0.15, -0.1) is 6.58 Å². The van der Waals surface area contributed by atoms with Crippen molar-refractivity contribution in [1.29, 1.82) is 0 Å². The number of hydrogen-bond acceptors (Lipinski definition) is 14. The van der Waals surface area contributed by atoms with Crippen molar-refractivity contribution in [3.05, 3.63) is 49.1 Å². The predicted octanol–water partition coefficient (Wildman–Crippen LogP) is 1.69. The lowest BCUT2D eigenvalue weighted by atomic mass is 9.99. The molecule has 0 saturated carbocycles. The second kappa shape index (κ2) is 37.4. The van der Waals surface area contributed by atoms with Gasteiger partial charge < -0.3 is 44.9 Å². The fourth-order valence-corrected chi connectivity index (χ4v) is 5.23. The molecule has 0 spiro atoms. The van der Waals surface area contributed by atoms with E-state index in [1.807, 2.05) is 58.1 Å². The van der Waals surface area contributed by atoms with Crippen LogP contribution >= 0.6 is 0 Å². The van der Waals surface area contributed by atoms with Crippen LogP contribution in [0.25, 0.3) is 0 Å². The number of nitrogens with zero attached hydrogens (tertiary/aromatic N) is 3. The van der Waals surface area contributed by atoms with Gasteiger partial charge in [0.05, 0.1) is 45.7 Å². The van der Waals surface area contributed by atoms with E-state index >= 15 is 0 Å². The summed E-state index contributed by atoms with van der Waals surface area (Å²) in [4.78, 5) is 42.5. The summed E-state index contributed by atoms with van der Waals surface area (Å²) in [7, 11) is 0. The molecule has 14 heteroatoms. The SMILES string of the molecule is C=CC(C/C=C\COC(=O)CCN(CCCN(CCO)CCO)CCC(=O)OC/C=C/C)CC/C=C/COC(=O)CCNCCCN(CCO)CCO. The second-order valence-electron chi connectivity index (χ2n) is 12.5. The summed E-state index contributed by atoms with van der Waals surface area (Å²) < 4.78 is 15.9. The first-order valence-corrected chi connectivity index (χ1v) is 19.1. The Labute approximate surface area is 318 Å². The first-order valence-electron chi connectivity index (χ1n) is 19.1. The van der Waals surface area contributed by atoms with E-state index in [1.54, 1.807) is 6.08 Å². The molecule has 0 rings (SSSR count). The van der Waals surface area contributed by atoms with Crippen molar-refractivity contribution in [2.24, 2.45) is 5.92 Å². The highest BCUT2D eigenvalue weighted by atomic mass is 16.5. The van der Waals surface area contributed by atoms with Gasteiger partial charge in [0.25, 0.3) is 0 Å². The van der Waals surface area contributed by atoms with E-state index in [0.717, 1.165) is 45.2 Å². The fourth-order valence-electron chi connectivity index (χ4n) is 5.23. The summed E-state index contributed by atoms with van der Waals surface area (Å²) in [6.07, 6.45) is 17.9. The zero-order chi connectivity index (χ0) is 39.2. The summed E-state index contributed by atoms with van der Waals surface area (Å²) in [5.41, 5.74) is 0. The lowest BCUT2D eigenvalue weighted by molar-refractivity contribution is -0.143. The Hall–Kier alpha value is -2.95. The lowest BCUT2D eigenvalue weighted by Gasteiger charge is -2.24. The number of carbonyl (C=O) groups is 3. The number of rotatable bonds is 37. The number of ether oxygens (including phenoxy) is 3. The van der Waals surface area contributed by atoms with Gasteiger partial charge in [0, 0.05) is 45.8 Å². The topological polar surface area (TPSA) is 182 Å². The number of aliphatic hydroxyl groups excluding tert-OH is 4. The van der Waals surface area contributed by atoms with E-state index in [-0.39, 0.29) is 89.3 Å². The molecular weight excluding hydrogens is 684 g/mol. The van der Waals surface area contributed by atoms with Crippen molar-refractivity contribution in [3.63, 3.8) is 0 Å². The average Bonchev–Trinajstić information content (AvgIpc) is 3.14. The molecule has 53 heavy (non-hydrogen) atoms. The minimum atomic E-state index is -0.323. The molecule has 0 fully saturated rings. The van der Waals surface area contributed by atoms with Gasteiger partial charge in [0.15, 0.2) is 0 Å². The minimum Gasteiger partial charge on any atom is -0.461 e. The second-order valence-corrected chi connectivity index (χ2v) is 12.5. The number of carbonyl (C=O) groups excluding carboxylic acids is 3. The summed E-state index contributed by atoms with van der Waals surface area (Å²) in [5.74, 6) is -0.629.